The van der Waals surface area contributed by atoms with Crippen molar-refractivity contribution in [1.82, 2.24) is 9.80 Å². The van der Waals surface area contributed by atoms with Crippen LogP contribution in [0.1, 0.15) is 80.1 Å². The van der Waals surface area contributed by atoms with Crippen LogP contribution in [-0.4, -0.2) is 83.2 Å². The van der Waals surface area contributed by atoms with E-state index >= 15 is 0 Å². The van der Waals surface area contributed by atoms with Crippen molar-refractivity contribution in [2.45, 2.75) is 103 Å². The van der Waals surface area contributed by atoms with Gasteiger partial charge in [0, 0.05) is 12.8 Å². The van der Waals surface area contributed by atoms with Crippen molar-refractivity contribution in [3.05, 3.63) is 0 Å². The molecule has 0 aliphatic carbocycles. The second kappa shape index (κ2) is 12.7. The van der Waals surface area contributed by atoms with Crippen LogP contribution in [0.15, 0.2) is 0 Å². The molecule has 0 N–H and O–H groups in total. The number of likely N-dealkylation sites (tertiary alicyclic amines) is 2. The fourth-order valence-corrected chi connectivity index (χ4v) is 3.54. The Morgan fingerprint density at radius 2 is 0.972 bits per heavy atom. The number of methoxy groups -OCH3 is 2. The van der Waals surface area contributed by atoms with Gasteiger partial charge in [0.2, 0.25) is 11.8 Å². The van der Waals surface area contributed by atoms with Crippen LogP contribution in [0, 0.1) is 0 Å². The van der Waals surface area contributed by atoms with E-state index in [4.69, 9.17) is 9.47 Å². The van der Waals surface area contributed by atoms with Gasteiger partial charge in [-0.25, -0.2) is 29.0 Å². The van der Waals surface area contributed by atoms with Crippen molar-refractivity contribution in [2.75, 3.05) is 14.2 Å². The van der Waals surface area contributed by atoms with E-state index in [0.717, 1.165) is 9.80 Å². The van der Waals surface area contributed by atoms with Crippen LogP contribution < -0.4 is 0 Å². The number of rotatable bonds is 2. The number of amides is 4. The summed E-state index contributed by atoms with van der Waals surface area (Å²) in [5.41, 5.74) is -1.43. The summed E-state index contributed by atoms with van der Waals surface area (Å²) >= 11 is 0. The van der Waals surface area contributed by atoms with Gasteiger partial charge in [-0.05, 0) is 67.2 Å². The average Bonchev–Trinajstić information content (AvgIpc) is 2.75. The van der Waals surface area contributed by atoms with E-state index in [2.05, 4.69) is 9.47 Å². The van der Waals surface area contributed by atoms with E-state index in [1.165, 1.54) is 14.2 Å². The van der Waals surface area contributed by atoms with Gasteiger partial charge < -0.3 is 18.9 Å². The molecule has 0 aromatic carbocycles. The number of ether oxygens (including phenoxy) is 4. The summed E-state index contributed by atoms with van der Waals surface area (Å²) in [7, 11) is 2.46. The van der Waals surface area contributed by atoms with Crippen LogP contribution in [0.5, 0.6) is 0 Å². The standard InChI is InChI=1S/2C12H19NO5/c2*1-12(2,3)18-11(16)13-8(10(15)17-4)6-5-7-9(13)14/h2*8H,5-7H2,1-4H3/t2*8-/m11/s1. The Balaban J connectivity index is 0.000000360. The largest absolute Gasteiger partial charge is 0.467 e. The summed E-state index contributed by atoms with van der Waals surface area (Å²) in [6, 6.07) is -1.74. The van der Waals surface area contributed by atoms with Crippen molar-refractivity contribution >= 4 is 35.9 Å². The molecule has 2 saturated heterocycles. The molecule has 4 amide bonds. The first-order chi connectivity index (χ1) is 16.5. The molecule has 2 aliphatic heterocycles. The maximum atomic E-state index is 11.9. The van der Waals surface area contributed by atoms with Gasteiger partial charge in [0.05, 0.1) is 14.2 Å². The summed E-state index contributed by atoms with van der Waals surface area (Å²) < 4.78 is 19.5. The highest BCUT2D eigenvalue weighted by Crippen LogP contribution is 2.23. The highest BCUT2D eigenvalue weighted by molar-refractivity contribution is 5.98. The molecular formula is C24H38N2O10. The molecule has 2 atom stereocenters. The summed E-state index contributed by atoms with van der Waals surface area (Å²) in [6.07, 6.45) is 0.870. The van der Waals surface area contributed by atoms with Crippen LogP contribution in [0.25, 0.3) is 0 Å². The zero-order valence-electron chi connectivity index (χ0n) is 22.4. The monoisotopic (exact) mass is 514 g/mol. The maximum absolute atomic E-state index is 11.9. The molecule has 12 nitrogen and oxygen atoms in total. The van der Waals surface area contributed by atoms with Crippen molar-refractivity contribution in [2.24, 2.45) is 0 Å². The smallest absolute Gasteiger partial charge is 0.417 e. The van der Waals surface area contributed by atoms with Crippen LogP contribution in [0.3, 0.4) is 0 Å². The van der Waals surface area contributed by atoms with Gasteiger partial charge in [0.1, 0.15) is 23.3 Å². The number of piperidine rings is 2. The predicted octanol–water partition coefficient (Wildman–Crippen LogP) is 2.95. The Kier molecular flexibility index (Phi) is 10.9. The lowest BCUT2D eigenvalue weighted by Crippen LogP contribution is -2.52. The topological polar surface area (TPSA) is 146 Å². The Bertz CT molecular complexity index is 786. The normalized spacial score (nSPS) is 20.6. The van der Waals surface area contributed by atoms with E-state index in [0.29, 0.717) is 25.7 Å². The number of nitrogens with zero attached hydrogens (tertiary/aromatic N) is 2. The first-order valence-corrected chi connectivity index (χ1v) is 11.8. The molecule has 0 aromatic heterocycles. The summed E-state index contributed by atoms with van der Waals surface area (Å²) in [6.45, 7) is 10.2. The van der Waals surface area contributed by atoms with Gasteiger partial charge in [0.15, 0.2) is 0 Å². The number of hydrogen-bond donors (Lipinski definition) is 0. The zero-order valence-corrected chi connectivity index (χ0v) is 22.4. The van der Waals surface area contributed by atoms with Crippen LogP contribution in [-0.2, 0) is 38.1 Å². The Morgan fingerprint density at radius 1 is 0.667 bits per heavy atom. The third-order valence-electron chi connectivity index (χ3n) is 5.02. The van der Waals surface area contributed by atoms with Gasteiger partial charge in [-0.1, -0.05) is 0 Å². The van der Waals surface area contributed by atoms with Gasteiger partial charge in [-0.3, -0.25) is 9.59 Å². The first kappa shape index (κ1) is 30.9. The Morgan fingerprint density at radius 3 is 1.22 bits per heavy atom. The fourth-order valence-electron chi connectivity index (χ4n) is 3.54. The molecule has 0 saturated carbocycles. The van der Waals surface area contributed by atoms with E-state index in [-0.39, 0.29) is 12.8 Å². The second-order valence-corrected chi connectivity index (χ2v) is 10.4. The van der Waals surface area contributed by atoms with Crippen molar-refractivity contribution in [3.8, 4) is 0 Å². The molecule has 2 fully saturated rings. The number of imide groups is 2. The molecule has 0 bridgehead atoms. The molecule has 2 aliphatic rings. The molecule has 204 valence electrons. The molecule has 2 heterocycles. The fraction of sp³-hybridized carbons (Fsp3) is 0.750. The molecule has 0 radical (unpaired) electrons. The molecule has 0 unspecified atom stereocenters. The maximum Gasteiger partial charge on any atom is 0.417 e. The molecule has 2 rings (SSSR count). The molecule has 12 heteroatoms. The zero-order chi connectivity index (χ0) is 27.8. The highest BCUT2D eigenvalue weighted by Gasteiger charge is 2.41. The van der Waals surface area contributed by atoms with E-state index < -0.39 is 59.2 Å². The summed E-state index contributed by atoms with van der Waals surface area (Å²) in [4.78, 5) is 72.3. The van der Waals surface area contributed by atoms with Crippen molar-refractivity contribution in [1.29, 1.82) is 0 Å². The predicted molar refractivity (Wildman–Crippen MR) is 125 cm³/mol. The number of esters is 2. The van der Waals surface area contributed by atoms with E-state index in [9.17, 15) is 28.8 Å². The van der Waals surface area contributed by atoms with Gasteiger partial charge in [0.25, 0.3) is 0 Å². The number of carbonyl (C=O) groups is 6. The third-order valence-corrected chi connectivity index (χ3v) is 5.02. The van der Waals surface area contributed by atoms with E-state index in [1.807, 2.05) is 0 Å². The van der Waals surface area contributed by atoms with Gasteiger partial charge >= 0.3 is 24.1 Å². The van der Waals surface area contributed by atoms with Crippen LogP contribution in [0.2, 0.25) is 0 Å². The number of hydrogen-bond acceptors (Lipinski definition) is 10. The summed E-state index contributed by atoms with van der Waals surface area (Å²) in [5, 5.41) is 0. The minimum Gasteiger partial charge on any atom is -0.467 e. The average molecular weight is 515 g/mol. The molecular weight excluding hydrogens is 476 g/mol. The SMILES string of the molecule is COC(=O)[C@H]1CCCC(=O)N1C(=O)OC(C)(C)C.COC(=O)[C@H]1CCCC(=O)N1C(=O)OC(C)(C)C. The van der Waals surface area contributed by atoms with Crippen LogP contribution in [0.4, 0.5) is 9.59 Å². The Hall–Kier alpha value is -3.18. The lowest BCUT2D eigenvalue weighted by atomic mass is 10.0. The second-order valence-electron chi connectivity index (χ2n) is 10.4. The molecule has 0 aromatic rings. The minimum atomic E-state index is -0.869. The highest BCUT2D eigenvalue weighted by atomic mass is 16.6. The van der Waals surface area contributed by atoms with E-state index in [1.54, 1.807) is 41.5 Å². The minimum absolute atomic E-state index is 0.243. The van der Waals surface area contributed by atoms with Crippen molar-refractivity contribution < 1.29 is 47.7 Å². The van der Waals surface area contributed by atoms with Gasteiger partial charge in [-0.2, -0.15) is 0 Å². The third kappa shape index (κ3) is 9.12. The quantitative estimate of drug-likeness (QED) is 0.398. The lowest BCUT2D eigenvalue weighted by Gasteiger charge is -2.33. The molecule has 0 spiro atoms. The van der Waals surface area contributed by atoms with Crippen LogP contribution >= 0.6 is 0 Å². The summed E-state index contributed by atoms with van der Waals surface area (Å²) in [5.74, 6) is -1.97. The number of carbonyl (C=O) groups excluding carboxylic acids is 6. The first-order valence-electron chi connectivity index (χ1n) is 11.8. The molecule has 36 heavy (non-hydrogen) atoms. The van der Waals surface area contributed by atoms with Crippen molar-refractivity contribution in [3.63, 3.8) is 0 Å². The van der Waals surface area contributed by atoms with Gasteiger partial charge in [-0.15, -0.1) is 0 Å². The lowest BCUT2D eigenvalue weighted by molar-refractivity contribution is -0.154. The Labute approximate surface area is 211 Å².